The number of hydrogen-bond acceptors (Lipinski definition) is 6. The van der Waals surface area contributed by atoms with Gasteiger partial charge < -0.3 is 9.26 Å². The molecule has 1 amide bonds. The molecule has 0 spiro atoms. The van der Waals surface area contributed by atoms with E-state index in [1.54, 1.807) is 22.9 Å². The van der Waals surface area contributed by atoms with E-state index >= 15 is 0 Å². The van der Waals surface area contributed by atoms with Crippen LogP contribution in [0.15, 0.2) is 40.9 Å². The molecule has 0 atom stereocenters. The molecule has 8 nitrogen and oxygen atoms in total. The molecule has 170 valence electrons. The predicted octanol–water partition coefficient (Wildman–Crippen LogP) is 4.74. The number of sulfonamides is 1. The fourth-order valence-electron chi connectivity index (χ4n) is 2.79. The van der Waals surface area contributed by atoms with E-state index in [9.17, 15) is 22.0 Å². The van der Waals surface area contributed by atoms with Crippen molar-refractivity contribution in [2.45, 2.75) is 13.3 Å². The second-order valence-corrected chi connectivity index (χ2v) is 8.92. The normalized spacial score (nSPS) is 11.3. The van der Waals surface area contributed by atoms with E-state index in [1.165, 1.54) is 6.92 Å². The van der Waals surface area contributed by atoms with E-state index in [0.717, 1.165) is 24.0 Å². The lowest BCUT2D eigenvalue weighted by Gasteiger charge is -2.10. The number of anilines is 2. The van der Waals surface area contributed by atoms with Crippen molar-refractivity contribution >= 4 is 39.1 Å². The average Bonchev–Trinajstić information content (AvgIpc) is 3.05. The van der Waals surface area contributed by atoms with Gasteiger partial charge in [0, 0.05) is 17.0 Å². The Morgan fingerprint density at radius 3 is 2.47 bits per heavy atom. The van der Waals surface area contributed by atoms with E-state index in [1.807, 2.05) is 6.07 Å². The van der Waals surface area contributed by atoms with Crippen LogP contribution in [0.5, 0.6) is 0 Å². The molecule has 0 aliphatic heterocycles. The zero-order chi connectivity index (χ0) is 23.5. The molecular formula is C20H18ClF2N3O5S. The van der Waals surface area contributed by atoms with Crippen LogP contribution in [-0.4, -0.2) is 32.5 Å². The summed E-state index contributed by atoms with van der Waals surface area (Å²) in [4.78, 5) is 12.2. The Balaban J connectivity index is 1.75. The molecule has 0 unspecified atom stereocenters. The van der Waals surface area contributed by atoms with Crippen LogP contribution < -0.4 is 10.0 Å². The summed E-state index contributed by atoms with van der Waals surface area (Å²) in [5, 5.41) is 6.70. The van der Waals surface area contributed by atoms with Gasteiger partial charge in [0.1, 0.15) is 17.1 Å². The maximum absolute atomic E-state index is 14.3. The smallest absolute Gasteiger partial charge is 0.411 e. The monoisotopic (exact) mass is 485 g/mol. The number of benzene rings is 2. The van der Waals surface area contributed by atoms with E-state index < -0.39 is 33.4 Å². The van der Waals surface area contributed by atoms with Gasteiger partial charge in [-0.05, 0) is 30.7 Å². The van der Waals surface area contributed by atoms with E-state index in [4.69, 9.17) is 20.9 Å². The molecule has 0 saturated heterocycles. The second-order valence-electron chi connectivity index (χ2n) is 6.76. The summed E-state index contributed by atoms with van der Waals surface area (Å²) >= 11 is 6.06. The molecule has 0 bridgehead atoms. The summed E-state index contributed by atoms with van der Waals surface area (Å²) < 4.78 is 63.3. The topological polar surface area (TPSA) is 111 Å². The molecule has 3 aromatic rings. The van der Waals surface area contributed by atoms with Crippen molar-refractivity contribution in [3.63, 3.8) is 0 Å². The molecule has 2 aromatic carbocycles. The Labute approximate surface area is 187 Å². The number of halogens is 3. The van der Waals surface area contributed by atoms with E-state index in [0.29, 0.717) is 11.4 Å². The second kappa shape index (κ2) is 9.53. The molecule has 1 aromatic heterocycles. The highest BCUT2D eigenvalue weighted by atomic mass is 35.5. The third-order valence-corrected chi connectivity index (χ3v) is 5.19. The highest BCUT2D eigenvalue weighted by Gasteiger charge is 2.22. The van der Waals surface area contributed by atoms with Crippen molar-refractivity contribution in [2.24, 2.45) is 0 Å². The highest BCUT2D eigenvalue weighted by molar-refractivity contribution is 7.92. The van der Waals surface area contributed by atoms with Crippen molar-refractivity contribution in [3.8, 4) is 11.3 Å². The number of carbonyl (C=O) groups is 1. The van der Waals surface area contributed by atoms with Crippen molar-refractivity contribution in [3.05, 3.63) is 64.3 Å². The number of nitrogens with one attached hydrogen (secondary N) is 2. The minimum absolute atomic E-state index is 0.0321. The highest BCUT2D eigenvalue weighted by Crippen LogP contribution is 2.34. The van der Waals surface area contributed by atoms with Gasteiger partial charge in [-0.3, -0.25) is 10.0 Å². The Hall–Kier alpha value is -3.18. The molecule has 32 heavy (non-hydrogen) atoms. The van der Waals surface area contributed by atoms with E-state index in [-0.39, 0.29) is 29.3 Å². The first-order chi connectivity index (χ1) is 15.0. The first-order valence-electron chi connectivity index (χ1n) is 9.16. The Morgan fingerprint density at radius 1 is 1.19 bits per heavy atom. The quantitative estimate of drug-likeness (QED) is 0.500. The summed E-state index contributed by atoms with van der Waals surface area (Å²) in [6.45, 7) is 1.54. The molecule has 1 heterocycles. The number of aromatic nitrogens is 1. The number of hydrogen-bond donors (Lipinski definition) is 2. The van der Waals surface area contributed by atoms with Crippen molar-refractivity contribution in [2.75, 3.05) is 22.9 Å². The summed E-state index contributed by atoms with van der Waals surface area (Å²) in [7, 11) is -3.90. The fraction of sp³-hybridized carbons (Fsp3) is 0.200. The predicted molar refractivity (Wildman–Crippen MR) is 115 cm³/mol. The first-order valence-corrected chi connectivity index (χ1v) is 11.4. The Morgan fingerprint density at radius 2 is 1.84 bits per heavy atom. The summed E-state index contributed by atoms with van der Waals surface area (Å²) in [6, 6.07) is 8.82. The average molecular weight is 486 g/mol. The number of ether oxygens (including phenoxy) is 1. The minimum Gasteiger partial charge on any atom is -0.449 e. The lowest BCUT2D eigenvalue weighted by Crippen LogP contribution is -2.16. The van der Waals surface area contributed by atoms with Crippen LogP contribution in [0.4, 0.5) is 25.0 Å². The maximum atomic E-state index is 14.3. The van der Waals surface area contributed by atoms with Crippen LogP contribution in [0, 0.1) is 18.6 Å². The summed E-state index contributed by atoms with van der Waals surface area (Å²) in [6.07, 6.45) is 0.313. The molecule has 2 N–H and O–H groups in total. The maximum Gasteiger partial charge on any atom is 0.411 e. The number of carbonyl (C=O) groups excluding carboxylic acids is 1. The minimum atomic E-state index is -3.90. The molecule has 0 saturated carbocycles. The van der Waals surface area contributed by atoms with Gasteiger partial charge in [-0.25, -0.2) is 22.0 Å². The molecule has 0 aliphatic carbocycles. The van der Waals surface area contributed by atoms with E-state index in [2.05, 4.69) is 10.5 Å². The van der Waals surface area contributed by atoms with Gasteiger partial charge in [-0.1, -0.05) is 35.0 Å². The number of nitrogens with zero attached hydrogens (tertiary/aromatic N) is 1. The SMILES string of the molecule is Cc1noc(-c2cc(F)c(NS(C)(=O)=O)c(F)c2)c1NC(=O)OCCc1ccccc1Cl. The van der Waals surface area contributed by atoms with Gasteiger partial charge in [0.05, 0.1) is 12.9 Å². The van der Waals surface area contributed by atoms with Crippen LogP contribution in [0.1, 0.15) is 11.3 Å². The summed E-state index contributed by atoms with van der Waals surface area (Å²) in [5.41, 5.74) is 0.155. The standard InChI is InChI=1S/C20H18ClF2N3O5S/c1-11-17(24-20(27)30-8-7-12-5-3-4-6-14(12)21)19(31-25-11)13-9-15(22)18(16(23)10-13)26-32(2,28)29/h3-6,9-10,26H,7-8H2,1-2H3,(H,24,27). The van der Waals surface area contributed by atoms with Gasteiger partial charge >= 0.3 is 6.09 Å². The van der Waals surface area contributed by atoms with Crippen LogP contribution in [-0.2, 0) is 21.2 Å². The molecule has 0 radical (unpaired) electrons. The van der Waals surface area contributed by atoms with Crippen LogP contribution in [0.2, 0.25) is 5.02 Å². The number of amides is 1. The largest absolute Gasteiger partial charge is 0.449 e. The van der Waals surface area contributed by atoms with Crippen molar-refractivity contribution in [1.82, 2.24) is 5.16 Å². The number of rotatable bonds is 7. The van der Waals surface area contributed by atoms with Gasteiger partial charge in [0.15, 0.2) is 17.4 Å². The van der Waals surface area contributed by atoms with Gasteiger partial charge in [0.25, 0.3) is 0 Å². The lowest BCUT2D eigenvalue weighted by molar-refractivity contribution is 0.163. The third-order valence-electron chi connectivity index (χ3n) is 4.24. The van der Waals surface area contributed by atoms with Crippen LogP contribution in [0.25, 0.3) is 11.3 Å². The molecule has 0 fully saturated rings. The zero-order valence-corrected chi connectivity index (χ0v) is 18.5. The van der Waals surface area contributed by atoms with Crippen molar-refractivity contribution in [1.29, 1.82) is 0 Å². The zero-order valence-electron chi connectivity index (χ0n) is 16.9. The third kappa shape index (κ3) is 5.74. The van der Waals surface area contributed by atoms with Crippen LogP contribution >= 0.6 is 11.6 Å². The number of aryl methyl sites for hydroxylation is 1. The molecular weight excluding hydrogens is 468 g/mol. The molecule has 3 rings (SSSR count). The van der Waals surface area contributed by atoms with Crippen LogP contribution in [0.3, 0.4) is 0 Å². The summed E-state index contributed by atoms with van der Waals surface area (Å²) in [5.74, 6) is -2.48. The Kier molecular flexibility index (Phi) is 6.99. The Bertz CT molecular complexity index is 1240. The van der Waals surface area contributed by atoms with Gasteiger partial charge in [-0.15, -0.1) is 0 Å². The van der Waals surface area contributed by atoms with Gasteiger partial charge in [-0.2, -0.15) is 0 Å². The first kappa shape index (κ1) is 23.5. The van der Waals surface area contributed by atoms with Gasteiger partial charge in [0.2, 0.25) is 10.0 Å². The molecule has 0 aliphatic rings. The molecule has 12 heteroatoms. The van der Waals surface area contributed by atoms with Crippen molar-refractivity contribution < 1.29 is 31.3 Å². The fourth-order valence-corrected chi connectivity index (χ4v) is 3.59. The lowest BCUT2D eigenvalue weighted by atomic mass is 10.1.